The number of aromatic nitrogens is 2. The normalized spacial score (nSPS) is 20.7. The maximum atomic E-state index is 13.2. The van der Waals surface area contributed by atoms with Crippen LogP contribution >= 0.6 is 0 Å². The average Bonchev–Trinajstić information content (AvgIpc) is 2.94. The summed E-state index contributed by atoms with van der Waals surface area (Å²) in [6, 6.07) is 12.4. The van der Waals surface area contributed by atoms with E-state index >= 15 is 0 Å². The summed E-state index contributed by atoms with van der Waals surface area (Å²) in [7, 11) is 0. The third kappa shape index (κ3) is 3.36. The zero-order chi connectivity index (χ0) is 17.1. The first-order valence-electron chi connectivity index (χ1n) is 9.22. The highest BCUT2D eigenvalue weighted by molar-refractivity contribution is 5.84. The lowest BCUT2D eigenvalue weighted by Crippen LogP contribution is -2.39. The van der Waals surface area contributed by atoms with Gasteiger partial charge in [-0.25, -0.2) is 0 Å². The molecule has 2 aromatic rings. The topological polar surface area (TPSA) is 49.3 Å². The number of aryl methyl sites for hydroxylation is 1. The average molecular weight is 336 g/mol. The van der Waals surface area contributed by atoms with Crippen LogP contribution in [-0.2, 0) is 11.2 Å². The Hall–Kier alpha value is -2.43. The van der Waals surface area contributed by atoms with E-state index in [4.69, 9.17) is 0 Å². The second kappa shape index (κ2) is 7.21. The predicted molar refractivity (Wildman–Crippen MR) is 97.6 cm³/mol. The van der Waals surface area contributed by atoms with Crippen LogP contribution in [0.3, 0.4) is 0 Å². The largest absolute Gasteiger partial charge is 0.353 e. The second-order valence-electron chi connectivity index (χ2n) is 6.89. The number of nitrogens with zero attached hydrogens (tertiary/aromatic N) is 4. The Morgan fingerprint density at radius 2 is 1.92 bits per heavy atom. The molecule has 25 heavy (non-hydrogen) atoms. The first kappa shape index (κ1) is 16.1. The van der Waals surface area contributed by atoms with Gasteiger partial charge in [-0.05, 0) is 48.9 Å². The Morgan fingerprint density at radius 1 is 1.00 bits per heavy atom. The van der Waals surface area contributed by atoms with Crippen LogP contribution < -0.4 is 4.90 Å². The summed E-state index contributed by atoms with van der Waals surface area (Å²) in [5.74, 6) is 1.24. The number of anilines is 1. The molecule has 1 amide bonds. The monoisotopic (exact) mass is 336 g/mol. The number of amides is 1. The van der Waals surface area contributed by atoms with Gasteiger partial charge in [0.25, 0.3) is 0 Å². The quantitative estimate of drug-likeness (QED) is 0.846. The van der Waals surface area contributed by atoms with Gasteiger partial charge in [-0.2, -0.15) is 5.10 Å². The Balaban J connectivity index is 1.47. The van der Waals surface area contributed by atoms with Crippen LogP contribution in [0.1, 0.15) is 36.3 Å². The minimum atomic E-state index is 0.0352. The van der Waals surface area contributed by atoms with Gasteiger partial charge in [-0.15, -0.1) is 5.10 Å². The van der Waals surface area contributed by atoms with Gasteiger partial charge in [0.15, 0.2) is 5.82 Å². The lowest BCUT2D eigenvalue weighted by atomic mass is 9.82. The third-order valence-electron chi connectivity index (χ3n) is 5.36. The van der Waals surface area contributed by atoms with Crippen molar-refractivity contribution in [2.45, 2.75) is 31.6 Å². The van der Waals surface area contributed by atoms with Crippen molar-refractivity contribution in [2.24, 2.45) is 0 Å². The maximum Gasteiger partial charge on any atom is 0.230 e. The summed E-state index contributed by atoms with van der Waals surface area (Å²) in [5.41, 5.74) is 2.59. The smallest absolute Gasteiger partial charge is 0.230 e. The van der Waals surface area contributed by atoms with Crippen molar-refractivity contribution in [3.63, 3.8) is 0 Å². The van der Waals surface area contributed by atoms with E-state index in [9.17, 15) is 4.79 Å². The van der Waals surface area contributed by atoms with Crippen LogP contribution in [0.2, 0.25) is 0 Å². The molecule has 0 saturated carbocycles. The molecular weight excluding hydrogens is 312 g/mol. The van der Waals surface area contributed by atoms with Gasteiger partial charge in [-0.1, -0.05) is 24.3 Å². The lowest BCUT2D eigenvalue weighted by Gasteiger charge is -2.30. The first-order valence-corrected chi connectivity index (χ1v) is 9.22. The summed E-state index contributed by atoms with van der Waals surface area (Å²) in [6.07, 6.45) is 5.84. The SMILES string of the molecule is O=C([C@@H]1CCCc2ccccc21)N1CCCN(c2cccnn2)CC1. The highest BCUT2D eigenvalue weighted by Crippen LogP contribution is 2.33. The highest BCUT2D eigenvalue weighted by Gasteiger charge is 2.30. The zero-order valence-electron chi connectivity index (χ0n) is 14.5. The molecule has 1 saturated heterocycles. The minimum absolute atomic E-state index is 0.0352. The number of rotatable bonds is 2. The van der Waals surface area contributed by atoms with Crippen LogP contribution in [0, 0.1) is 0 Å². The van der Waals surface area contributed by atoms with E-state index in [2.05, 4.69) is 44.3 Å². The van der Waals surface area contributed by atoms with Crippen molar-refractivity contribution in [1.29, 1.82) is 0 Å². The van der Waals surface area contributed by atoms with Gasteiger partial charge in [0.05, 0.1) is 5.92 Å². The van der Waals surface area contributed by atoms with Crippen molar-refractivity contribution >= 4 is 11.7 Å². The molecule has 0 spiro atoms. The van der Waals surface area contributed by atoms with Crippen molar-refractivity contribution in [2.75, 3.05) is 31.1 Å². The molecule has 5 nitrogen and oxygen atoms in total. The molecule has 1 aromatic carbocycles. The summed E-state index contributed by atoms with van der Waals surface area (Å²) in [4.78, 5) is 17.5. The molecule has 2 aliphatic rings. The van der Waals surface area contributed by atoms with Crippen LogP contribution in [0.5, 0.6) is 0 Å². The first-order chi connectivity index (χ1) is 12.3. The molecule has 0 radical (unpaired) electrons. The van der Waals surface area contributed by atoms with Gasteiger partial charge >= 0.3 is 0 Å². The fourth-order valence-corrected chi connectivity index (χ4v) is 4.06. The molecule has 1 aliphatic carbocycles. The van der Waals surface area contributed by atoms with Crippen LogP contribution in [0.15, 0.2) is 42.6 Å². The van der Waals surface area contributed by atoms with Crippen molar-refractivity contribution in [1.82, 2.24) is 15.1 Å². The number of carbonyl (C=O) groups excluding carboxylic acids is 1. The van der Waals surface area contributed by atoms with E-state index in [1.54, 1.807) is 6.20 Å². The van der Waals surface area contributed by atoms with Gasteiger partial charge in [0, 0.05) is 32.4 Å². The van der Waals surface area contributed by atoms with Gasteiger partial charge < -0.3 is 9.80 Å². The Kier molecular flexibility index (Phi) is 4.63. The van der Waals surface area contributed by atoms with Crippen LogP contribution in [-0.4, -0.2) is 47.2 Å². The Bertz CT molecular complexity index is 733. The molecule has 0 bridgehead atoms. The van der Waals surface area contributed by atoms with Gasteiger partial charge in [-0.3, -0.25) is 4.79 Å². The highest BCUT2D eigenvalue weighted by atomic mass is 16.2. The fraction of sp³-hybridized carbons (Fsp3) is 0.450. The van der Waals surface area contributed by atoms with E-state index in [0.29, 0.717) is 5.91 Å². The maximum absolute atomic E-state index is 13.2. The van der Waals surface area contributed by atoms with Crippen LogP contribution in [0.25, 0.3) is 0 Å². The van der Waals surface area contributed by atoms with E-state index < -0.39 is 0 Å². The van der Waals surface area contributed by atoms with E-state index in [-0.39, 0.29) is 5.92 Å². The standard InChI is InChI=1S/C20H24N4O/c25-20(18-9-3-7-16-6-1-2-8-17(16)18)24-13-5-12-23(14-15-24)19-10-4-11-21-22-19/h1-2,4,6,8,10-11,18H,3,5,7,9,12-15H2/t18-/m1/s1. The van der Waals surface area contributed by atoms with E-state index in [1.165, 1.54) is 11.1 Å². The molecule has 0 unspecified atom stereocenters. The van der Waals surface area contributed by atoms with Gasteiger partial charge in [0.2, 0.25) is 5.91 Å². The third-order valence-corrected chi connectivity index (χ3v) is 5.36. The predicted octanol–water partition coefficient (Wildman–Crippen LogP) is 2.64. The molecule has 4 rings (SSSR count). The molecular formula is C20H24N4O. The van der Waals surface area contributed by atoms with Crippen molar-refractivity contribution in [3.05, 3.63) is 53.7 Å². The van der Waals surface area contributed by atoms with Crippen LogP contribution in [0.4, 0.5) is 5.82 Å². The van der Waals surface area contributed by atoms with E-state index in [0.717, 1.165) is 57.7 Å². The molecule has 1 atom stereocenters. The van der Waals surface area contributed by atoms with Crippen molar-refractivity contribution in [3.8, 4) is 0 Å². The Labute approximate surface area is 148 Å². The number of carbonyl (C=O) groups is 1. The number of fused-ring (bicyclic) bond motifs is 1. The van der Waals surface area contributed by atoms with Crippen molar-refractivity contribution < 1.29 is 4.79 Å². The van der Waals surface area contributed by atoms with Gasteiger partial charge in [0.1, 0.15) is 0 Å². The summed E-state index contributed by atoms with van der Waals surface area (Å²) in [6.45, 7) is 3.32. The molecule has 2 heterocycles. The number of benzene rings is 1. The second-order valence-corrected chi connectivity index (χ2v) is 6.89. The number of hydrogen-bond donors (Lipinski definition) is 0. The molecule has 5 heteroatoms. The summed E-state index contributed by atoms with van der Waals surface area (Å²) >= 11 is 0. The summed E-state index contributed by atoms with van der Waals surface area (Å²) < 4.78 is 0. The minimum Gasteiger partial charge on any atom is -0.353 e. The molecule has 1 fully saturated rings. The molecule has 1 aromatic heterocycles. The molecule has 130 valence electrons. The molecule has 0 N–H and O–H groups in total. The van der Waals surface area contributed by atoms with E-state index in [1.807, 2.05) is 12.1 Å². The zero-order valence-corrected chi connectivity index (χ0v) is 14.5. The lowest BCUT2D eigenvalue weighted by molar-refractivity contribution is -0.133. The fourth-order valence-electron chi connectivity index (χ4n) is 4.06. The summed E-state index contributed by atoms with van der Waals surface area (Å²) in [5, 5.41) is 8.18. The number of hydrogen-bond acceptors (Lipinski definition) is 4. The molecule has 1 aliphatic heterocycles. The Morgan fingerprint density at radius 3 is 2.80 bits per heavy atom.